The van der Waals surface area contributed by atoms with Gasteiger partial charge in [-0.1, -0.05) is 6.07 Å². The molecule has 0 amide bonds. The summed E-state index contributed by atoms with van der Waals surface area (Å²) in [4.78, 5) is 0. The van der Waals surface area contributed by atoms with E-state index in [1.54, 1.807) is 0 Å². The highest BCUT2D eigenvalue weighted by atomic mass is 16.6. The maximum Gasteiger partial charge on any atom is 0.161 e. The smallest absolute Gasteiger partial charge is 0.161 e. The van der Waals surface area contributed by atoms with Crippen LogP contribution in [0.5, 0.6) is 11.5 Å². The minimum Gasteiger partial charge on any atom is -0.486 e. The van der Waals surface area contributed by atoms with E-state index in [9.17, 15) is 0 Å². The van der Waals surface area contributed by atoms with E-state index in [0.717, 1.165) is 17.9 Å². The second-order valence-electron chi connectivity index (χ2n) is 4.70. The molecular formula is C14H21NO3. The van der Waals surface area contributed by atoms with Crippen molar-refractivity contribution in [2.45, 2.75) is 32.4 Å². The number of hydrogen-bond donors (Lipinski definition) is 2. The Balaban J connectivity index is 2.04. The predicted octanol–water partition coefficient (Wildman–Crippen LogP) is 1.88. The third-order valence-corrected chi connectivity index (χ3v) is 3.16. The molecule has 1 aliphatic heterocycles. The number of aliphatic hydroxyl groups is 1. The Morgan fingerprint density at radius 3 is 2.67 bits per heavy atom. The van der Waals surface area contributed by atoms with E-state index in [2.05, 4.69) is 25.2 Å². The van der Waals surface area contributed by atoms with Crippen molar-refractivity contribution in [3.05, 3.63) is 23.8 Å². The first-order valence-electron chi connectivity index (χ1n) is 6.47. The average molecular weight is 251 g/mol. The molecule has 1 aromatic carbocycles. The highest BCUT2D eigenvalue weighted by Crippen LogP contribution is 2.32. The molecule has 2 rings (SSSR count). The molecule has 18 heavy (non-hydrogen) atoms. The molecule has 2 atom stereocenters. The van der Waals surface area contributed by atoms with Gasteiger partial charge in [0, 0.05) is 18.7 Å². The highest BCUT2D eigenvalue weighted by Gasteiger charge is 2.15. The van der Waals surface area contributed by atoms with Crippen LogP contribution in [-0.4, -0.2) is 31.0 Å². The predicted molar refractivity (Wildman–Crippen MR) is 70.1 cm³/mol. The molecular weight excluding hydrogens is 230 g/mol. The molecule has 0 saturated heterocycles. The molecule has 0 radical (unpaired) electrons. The molecule has 2 N–H and O–H groups in total. The summed E-state index contributed by atoms with van der Waals surface area (Å²) in [6.45, 7) is 5.62. The number of rotatable bonds is 5. The van der Waals surface area contributed by atoms with Gasteiger partial charge in [-0.15, -0.1) is 0 Å². The lowest BCUT2D eigenvalue weighted by molar-refractivity contribution is 0.171. The summed E-state index contributed by atoms with van der Waals surface area (Å²) in [5.41, 5.74) is 1.17. The van der Waals surface area contributed by atoms with Crippen LogP contribution < -0.4 is 14.8 Å². The van der Waals surface area contributed by atoms with Crippen LogP contribution >= 0.6 is 0 Å². The molecule has 4 heteroatoms. The topological polar surface area (TPSA) is 50.7 Å². The van der Waals surface area contributed by atoms with Crippen LogP contribution in [0, 0.1) is 0 Å². The van der Waals surface area contributed by atoms with E-state index in [1.165, 1.54) is 5.56 Å². The van der Waals surface area contributed by atoms with Crippen molar-refractivity contribution >= 4 is 0 Å². The molecule has 0 aromatic heterocycles. The summed E-state index contributed by atoms with van der Waals surface area (Å²) in [6, 6.07) is 6.55. The highest BCUT2D eigenvalue weighted by molar-refractivity contribution is 5.44. The molecule has 1 unspecified atom stereocenters. The second-order valence-corrected chi connectivity index (χ2v) is 4.70. The van der Waals surface area contributed by atoms with Crippen molar-refractivity contribution in [1.29, 1.82) is 0 Å². The minimum atomic E-state index is 0.210. The van der Waals surface area contributed by atoms with Gasteiger partial charge < -0.3 is 19.9 Å². The SMILES string of the molecule is CC(N[C@H](C)CCO)c1ccc2c(c1)OCCO2. The van der Waals surface area contributed by atoms with Crippen LogP contribution in [-0.2, 0) is 0 Å². The fraction of sp³-hybridized carbons (Fsp3) is 0.571. The fourth-order valence-corrected chi connectivity index (χ4v) is 2.13. The van der Waals surface area contributed by atoms with Gasteiger partial charge in [-0.05, 0) is 38.0 Å². The number of fused-ring (bicyclic) bond motifs is 1. The van der Waals surface area contributed by atoms with Gasteiger partial charge in [0.15, 0.2) is 11.5 Å². The zero-order valence-electron chi connectivity index (χ0n) is 11.0. The molecule has 0 fully saturated rings. The van der Waals surface area contributed by atoms with Gasteiger partial charge in [-0.25, -0.2) is 0 Å². The summed E-state index contributed by atoms with van der Waals surface area (Å²) in [7, 11) is 0. The summed E-state index contributed by atoms with van der Waals surface area (Å²) < 4.78 is 11.1. The summed E-state index contributed by atoms with van der Waals surface area (Å²) >= 11 is 0. The first-order chi connectivity index (χ1) is 8.70. The third kappa shape index (κ3) is 3.15. The maximum atomic E-state index is 8.90. The molecule has 0 spiro atoms. The van der Waals surface area contributed by atoms with Crippen molar-refractivity contribution in [1.82, 2.24) is 5.32 Å². The molecule has 1 aromatic rings. The summed E-state index contributed by atoms with van der Waals surface area (Å²) in [6.07, 6.45) is 0.759. The molecule has 0 aliphatic carbocycles. The van der Waals surface area contributed by atoms with Gasteiger partial charge in [0.2, 0.25) is 0 Å². The number of benzene rings is 1. The molecule has 4 nitrogen and oxygen atoms in total. The molecule has 0 bridgehead atoms. The average Bonchev–Trinajstić information content (AvgIpc) is 2.38. The van der Waals surface area contributed by atoms with Crippen LogP contribution in [0.2, 0.25) is 0 Å². The Labute approximate surface area is 108 Å². The van der Waals surface area contributed by atoms with Crippen molar-refractivity contribution in [3.8, 4) is 11.5 Å². The second kappa shape index (κ2) is 6.07. The Kier molecular flexibility index (Phi) is 4.44. The number of ether oxygens (including phenoxy) is 2. The lowest BCUT2D eigenvalue weighted by Gasteiger charge is -2.23. The van der Waals surface area contributed by atoms with Crippen molar-refractivity contribution in [3.63, 3.8) is 0 Å². The van der Waals surface area contributed by atoms with Gasteiger partial charge in [-0.3, -0.25) is 0 Å². The summed E-state index contributed by atoms with van der Waals surface area (Å²) in [5, 5.41) is 12.3. The van der Waals surface area contributed by atoms with Crippen LogP contribution in [0.4, 0.5) is 0 Å². The summed E-state index contributed by atoms with van der Waals surface area (Å²) in [5.74, 6) is 1.64. The van der Waals surface area contributed by atoms with Gasteiger partial charge >= 0.3 is 0 Å². The molecule has 1 aliphatic rings. The molecule has 1 heterocycles. The lowest BCUT2D eigenvalue weighted by atomic mass is 10.1. The maximum absolute atomic E-state index is 8.90. The first-order valence-corrected chi connectivity index (χ1v) is 6.47. The Morgan fingerprint density at radius 2 is 1.94 bits per heavy atom. The van der Waals surface area contributed by atoms with Crippen LogP contribution in [0.15, 0.2) is 18.2 Å². The van der Waals surface area contributed by atoms with E-state index in [4.69, 9.17) is 14.6 Å². The van der Waals surface area contributed by atoms with Crippen molar-refractivity contribution < 1.29 is 14.6 Å². The number of hydrogen-bond acceptors (Lipinski definition) is 4. The van der Waals surface area contributed by atoms with E-state index in [0.29, 0.717) is 19.3 Å². The zero-order chi connectivity index (χ0) is 13.0. The number of nitrogens with one attached hydrogen (secondary N) is 1. The van der Waals surface area contributed by atoms with Gasteiger partial charge in [0.25, 0.3) is 0 Å². The lowest BCUT2D eigenvalue weighted by Crippen LogP contribution is -2.29. The Morgan fingerprint density at radius 1 is 1.22 bits per heavy atom. The number of aliphatic hydroxyl groups excluding tert-OH is 1. The van der Waals surface area contributed by atoms with Gasteiger partial charge in [0.1, 0.15) is 13.2 Å². The van der Waals surface area contributed by atoms with Crippen molar-refractivity contribution in [2.24, 2.45) is 0 Å². The van der Waals surface area contributed by atoms with Crippen LogP contribution in [0.3, 0.4) is 0 Å². The van der Waals surface area contributed by atoms with Crippen molar-refractivity contribution in [2.75, 3.05) is 19.8 Å². The Bertz CT molecular complexity index is 395. The van der Waals surface area contributed by atoms with E-state index >= 15 is 0 Å². The van der Waals surface area contributed by atoms with Crippen LogP contribution in [0.25, 0.3) is 0 Å². The van der Waals surface area contributed by atoms with Gasteiger partial charge in [-0.2, -0.15) is 0 Å². The van der Waals surface area contributed by atoms with Crippen LogP contribution in [0.1, 0.15) is 31.9 Å². The minimum absolute atomic E-state index is 0.210. The molecule has 100 valence electrons. The normalized spacial score (nSPS) is 17.3. The monoisotopic (exact) mass is 251 g/mol. The zero-order valence-corrected chi connectivity index (χ0v) is 11.0. The van der Waals surface area contributed by atoms with E-state index in [-0.39, 0.29) is 12.6 Å². The first kappa shape index (κ1) is 13.2. The third-order valence-electron chi connectivity index (χ3n) is 3.16. The molecule has 0 saturated carbocycles. The van der Waals surface area contributed by atoms with E-state index < -0.39 is 0 Å². The van der Waals surface area contributed by atoms with Gasteiger partial charge in [0.05, 0.1) is 0 Å². The largest absolute Gasteiger partial charge is 0.486 e. The quantitative estimate of drug-likeness (QED) is 0.839. The Hall–Kier alpha value is -1.26. The fourth-order valence-electron chi connectivity index (χ4n) is 2.13. The van der Waals surface area contributed by atoms with E-state index in [1.807, 2.05) is 12.1 Å². The standard InChI is InChI=1S/C14H21NO3/c1-10(5-6-16)15-11(2)12-3-4-13-14(9-12)18-8-7-17-13/h3-4,9-11,15-16H,5-8H2,1-2H3/t10-,11?/m1/s1.